The third-order valence-corrected chi connectivity index (χ3v) is 2.56. The number of likely N-dealkylation sites (tertiary alicyclic amines) is 1. The van der Waals surface area contributed by atoms with Crippen LogP contribution in [-0.2, 0) is 0 Å². The summed E-state index contributed by atoms with van der Waals surface area (Å²) in [6, 6.07) is 2.30. The summed E-state index contributed by atoms with van der Waals surface area (Å²) in [5.41, 5.74) is 0. The standard InChI is InChI=1S/C10H19N3/c1-3-12-10(6-11)8-13-5-4-9(2)7-13/h9-10,12H,3-5,7-8H2,1-2H3. The Morgan fingerprint density at radius 3 is 2.92 bits per heavy atom. The van der Waals surface area contributed by atoms with E-state index < -0.39 is 0 Å². The van der Waals surface area contributed by atoms with E-state index in [9.17, 15) is 0 Å². The van der Waals surface area contributed by atoms with Crippen molar-refractivity contribution in [2.75, 3.05) is 26.2 Å². The summed E-state index contributed by atoms with van der Waals surface area (Å²) in [7, 11) is 0. The number of hydrogen-bond donors (Lipinski definition) is 1. The van der Waals surface area contributed by atoms with E-state index >= 15 is 0 Å². The molecule has 1 saturated heterocycles. The zero-order chi connectivity index (χ0) is 9.68. The van der Waals surface area contributed by atoms with Gasteiger partial charge in [-0.15, -0.1) is 0 Å². The Hall–Kier alpha value is -0.590. The molecule has 3 heteroatoms. The highest BCUT2D eigenvalue weighted by atomic mass is 15.2. The molecular formula is C10H19N3. The van der Waals surface area contributed by atoms with Crippen molar-refractivity contribution in [1.29, 1.82) is 5.26 Å². The number of nitriles is 1. The van der Waals surface area contributed by atoms with Crippen LogP contribution in [0.25, 0.3) is 0 Å². The minimum absolute atomic E-state index is 0.00954. The van der Waals surface area contributed by atoms with Gasteiger partial charge in [-0.25, -0.2) is 0 Å². The molecule has 0 amide bonds. The molecule has 0 aromatic carbocycles. The van der Waals surface area contributed by atoms with E-state index in [1.165, 1.54) is 6.42 Å². The lowest BCUT2D eigenvalue weighted by atomic mass is 10.2. The van der Waals surface area contributed by atoms with Crippen molar-refractivity contribution in [3.8, 4) is 6.07 Å². The van der Waals surface area contributed by atoms with Crippen LogP contribution < -0.4 is 5.32 Å². The Morgan fingerprint density at radius 1 is 1.69 bits per heavy atom. The van der Waals surface area contributed by atoms with Gasteiger partial charge in [-0.05, 0) is 25.4 Å². The highest BCUT2D eigenvalue weighted by molar-refractivity contribution is 4.92. The number of rotatable bonds is 4. The summed E-state index contributed by atoms with van der Waals surface area (Å²) >= 11 is 0. The highest BCUT2D eigenvalue weighted by Crippen LogP contribution is 2.14. The Kier molecular flexibility index (Phi) is 4.20. The maximum Gasteiger partial charge on any atom is 0.108 e. The number of nitrogens with one attached hydrogen (secondary N) is 1. The molecule has 1 rings (SSSR count). The minimum Gasteiger partial charge on any atom is -0.301 e. The second-order valence-electron chi connectivity index (χ2n) is 3.89. The summed E-state index contributed by atoms with van der Waals surface area (Å²) in [5, 5.41) is 12.0. The van der Waals surface area contributed by atoms with Gasteiger partial charge < -0.3 is 10.2 Å². The van der Waals surface area contributed by atoms with Crippen LogP contribution in [0.5, 0.6) is 0 Å². The average Bonchev–Trinajstić information content (AvgIpc) is 2.50. The van der Waals surface area contributed by atoms with Gasteiger partial charge in [0.05, 0.1) is 6.07 Å². The topological polar surface area (TPSA) is 39.1 Å². The Balaban J connectivity index is 2.26. The summed E-state index contributed by atoms with van der Waals surface area (Å²) in [5.74, 6) is 0.806. The van der Waals surface area contributed by atoms with Crippen molar-refractivity contribution in [1.82, 2.24) is 10.2 Å². The van der Waals surface area contributed by atoms with Gasteiger partial charge >= 0.3 is 0 Å². The summed E-state index contributed by atoms with van der Waals surface area (Å²) in [6.45, 7) is 8.39. The molecule has 0 aliphatic carbocycles. The Labute approximate surface area is 80.7 Å². The fraction of sp³-hybridized carbons (Fsp3) is 0.900. The second-order valence-corrected chi connectivity index (χ2v) is 3.89. The normalized spacial score (nSPS) is 25.8. The molecule has 0 bridgehead atoms. The van der Waals surface area contributed by atoms with Crippen LogP contribution in [0.15, 0.2) is 0 Å². The Bertz CT molecular complexity index is 185. The summed E-state index contributed by atoms with van der Waals surface area (Å²) in [4.78, 5) is 2.38. The van der Waals surface area contributed by atoms with E-state index in [1.807, 2.05) is 6.92 Å². The van der Waals surface area contributed by atoms with Crippen molar-refractivity contribution in [2.24, 2.45) is 5.92 Å². The maximum atomic E-state index is 8.84. The molecule has 1 aliphatic rings. The lowest BCUT2D eigenvalue weighted by Crippen LogP contribution is -2.39. The molecule has 1 heterocycles. The van der Waals surface area contributed by atoms with Crippen LogP contribution in [0.3, 0.4) is 0 Å². The van der Waals surface area contributed by atoms with E-state index in [4.69, 9.17) is 5.26 Å². The first-order chi connectivity index (χ1) is 6.26. The van der Waals surface area contributed by atoms with Gasteiger partial charge in [-0.3, -0.25) is 0 Å². The molecule has 0 aromatic heterocycles. The zero-order valence-corrected chi connectivity index (χ0v) is 8.58. The van der Waals surface area contributed by atoms with Gasteiger partial charge in [0.1, 0.15) is 6.04 Å². The fourth-order valence-corrected chi connectivity index (χ4v) is 1.85. The average molecular weight is 181 g/mol. The van der Waals surface area contributed by atoms with Crippen LogP contribution in [-0.4, -0.2) is 37.1 Å². The molecule has 2 unspecified atom stereocenters. The number of nitrogens with zero attached hydrogens (tertiary/aromatic N) is 2. The molecule has 2 atom stereocenters. The first kappa shape index (κ1) is 10.5. The van der Waals surface area contributed by atoms with E-state index in [2.05, 4.69) is 23.2 Å². The van der Waals surface area contributed by atoms with Crippen LogP contribution in [0.4, 0.5) is 0 Å². The molecule has 3 nitrogen and oxygen atoms in total. The number of hydrogen-bond acceptors (Lipinski definition) is 3. The predicted octanol–water partition coefficient (Wildman–Crippen LogP) is 0.830. The van der Waals surface area contributed by atoms with E-state index in [0.717, 1.165) is 32.1 Å². The molecule has 1 N–H and O–H groups in total. The van der Waals surface area contributed by atoms with E-state index in [0.29, 0.717) is 0 Å². The molecule has 0 aromatic rings. The van der Waals surface area contributed by atoms with Crippen LogP contribution >= 0.6 is 0 Å². The first-order valence-electron chi connectivity index (χ1n) is 5.11. The summed E-state index contributed by atoms with van der Waals surface area (Å²) < 4.78 is 0. The van der Waals surface area contributed by atoms with E-state index in [-0.39, 0.29) is 6.04 Å². The Morgan fingerprint density at radius 2 is 2.46 bits per heavy atom. The lowest BCUT2D eigenvalue weighted by Gasteiger charge is -2.19. The van der Waals surface area contributed by atoms with Gasteiger partial charge in [0.15, 0.2) is 0 Å². The molecule has 1 aliphatic heterocycles. The summed E-state index contributed by atoms with van der Waals surface area (Å²) in [6.07, 6.45) is 1.28. The van der Waals surface area contributed by atoms with Gasteiger partial charge in [0.25, 0.3) is 0 Å². The molecule has 1 fully saturated rings. The minimum atomic E-state index is 0.00954. The molecule has 0 spiro atoms. The molecular weight excluding hydrogens is 162 g/mol. The molecule has 0 saturated carbocycles. The van der Waals surface area contributed by atoms with Crippen molar-refractivity contribution < 1.29 is 0 Å². The van der Waals surface area contributed by atoms with Crippen molar-refractivity contribution in [2.45, 2.75) is 26.3 Å². The quantitative estimate of drug-likeness (QED) is 0.698. The molecule has 13 heavy (non-hydrogen) atoms. The van der Waals surface area contributed by atoms with Crippen molar-refractivity contribution in [3.05, 3.63) is 0 Å². The smallest absolute Gasteiger partial charge is 0.108 e. The third-order valence-electron chi connectivity index (χ3n) is 2.56. The van der Waals surface area contributed by atoms with Gasteiger partial charge in [-0.2, -0.15) is 5.26 Å². The van der Waals surface area contributed by atoms with Crippen LogP contribution in [0, 0.1) is 17.2 Å². The molecule has 0 radical (unpaired) electrons. The van der Waals surface area contributed by atoms with Crippen molar-refractivity contribution in [3.63, 3.8) is 0 Å². The fourth-order valence-electron chi connectivity index (χ4n) is 1.85. The maximum absolute atomic E-state index is 8.84. The monoisotopic (exact) mass is 181 g/mol. The van der Waals surface area contributed by atoms with Gasteiger partial charge in [-0.1, -0.05) is 13.8 Å². The van der Waals surface area contributed by atoms with E-state index in [1.54, 1.807) is 0 Å². The lowest BCUT2D eigenvalue weighted by molar-refractivity contribution is 0.306. The highest BCUT2D eigenvalue weighted by Gasteiger charge is 2.20. The van der Waals surface area contributed by atoms with Gasteiger partial charge in [0, 0.05) is 13.1 Å². The SMILES string of the molecule is CCNC(C#N)CN1CCC(C)C1. The zero-order valence-electron chi connectivity index (χ0n) is 8.58. The molecule has 74 valence electrons. The van der Waals surface area contributed by atoms with Gasteiger partial charge in [0.2, 0.25) is 0 Å². The largest absolute Gasteiger partial charge is 0.301 e. The first-order valence-corrected chi connectivity index (χ1v) is 5.11. The number of likely N-dealkylation sites (N-methyl/N-ethyl adjacent to an activating group) is 1. The predicted molar refractivity (Wildman–Crippen MR) is 53.3 cm³/mol. The van der Waals surface area contributed by atoms with Crippen molar-refractivity contribution >= 4 is 0 Å². The second kappa shape index (κ2) is 5.21. The third kappa shape index (κ3) is 3.33. The van der Waals surface area contributed by atoms with Crippen LogP contribution in [0.2, 0.25) is 0 Å². The van der Waals surface area contributed by atoms with Crippen LogP contribution in [0.1, 0.15) is 20.3 Å².